The number of imidazole rings is 2. The van der Waals surface area contributed by atoms with Gasteiger partial charge in [-0.1, -0.05) is 144 Å². The number of fused-ring (bicyclic) bond motifs is 12. The highest BCUT2D eigenvalue weighted by atomic mass is 16.4. The van der Waals surface area contributed by atoms with Crippen molar-refractivity contribution in [3.8, 4) is 22.5 Å². The zero-order chi connectivity index (χ0) is 88.3. The van der Waals surface area contributed by atoms with Crippen LogP contribution in [0, 0.1) is 27.7 Å². The predicted octanol–water partition coefficient (Wildman–Crippen LogP) is 20.0. The Kier molecular flexibility index (Phi) is 22.5. The van der Waals surface area contributed by atoms with E-state index in [1.807, 2.05) is 39.8 Å². The minimum absolute atomic E-state index is 0.0310. The fourth-order valence-electron chi connectivity index (χ4n) is 19.7. The minimum Gasteiger partial charge on any atom is -0.436 e. The second-order valence-electron chi connectivity index (χ2n) is 36.2. The Bertz CT molecular complexity index is 6640. The van der Waals surface area contributed by atoms with Crippen LogP contribution in [0.3, 0.4) is 0 Å². The largest absolute Gasteiger partial charge is 0.436 e. The molecule has 0 spiro atoms. The number of rotatable bonds is 12. The summed E-state index contributed by atoms with van der Waals surface area (Å²) in [5.41, 5.74) is 30.3. The van der Waals surface area contributed by atoms with E-state index in [0.717, 1.165) is 90.1 Å². The third-order valence-corrected chi connectivity index (χ3v) is 26.1. The van der Waals surface area contributed by atoms with Crippen LogP contribution in [0.15, 0.2) is 229 Å². The van der Waals surface area contributed by atoms with E-state index in [-0.39, 0.29) is 33.8 Å². The number of nitrogens with zero attached hydrogens (tertiary/aromatic N) is 16. The number of aryl methyl sites for hydroxylation is 6. The summed E-state index contributed by atoms with van der Waals surface area (Å²) in [6.07, 6.45) is 26.7. The topological polar surface area (TPSA) is 148 Å². The summed E-state index contributed by atoms with van der Waals surface area (Å²) in [6, 6.07) is 49.5. The first-order valence-corrected chi connectivity index (χ1v) is 44.1. The van der Waals surface area contributed by atoms with Crippen LogP contribution in [0.2, 0.25) is 0 Å². The number of hydrogen-bond acceptors (Lipinski definition) is 16. The van der Waals surface area contributed by atoms with Gasteiger partial charge in [0.2, 0.25) is 34.3 Å². The van der Waals surface area contributed by atoms with Crippen LogP contribution < -0.4 is 44.7 Å². The van der Waals surface area contributed by atoms with Crippen LogP contribution in [0.1, 0.15) is 189 Å². The van der Waals surface area contributed by atoms with Gasteiger partial charge in [0.05, 0.1) is 70.7 Å². The van der Waals surface area contributed by atoms with Crippen molar-refractivity contribution >= 4 is 136 Å². The van der Waals surface area contributed by atoms with Crippen molar-refractivity contribution in [2.45, 2.75) is 161 Å². The Morgan fingerprint density at radius 1 is 0.352 bits per heavy atom. The number of anilines is 5. The summed E-state index contributed by atoms with van der Waals surface area (Å²) < 4.78 is 33.9. The van der Waals surface area contributed by atoms with E-state index >= 15 is 0 Å². The quantitative estimate of drug-likeness (QED) is 0.0843. The van der Waals surface area contributed by atoms with Gasteiger partial charge in [0.25, 0.3) is 0 Å². The van der Waals surface area contributed by atoms with E-state index in [9.17, 15) is 0 Å². The molecule has 16 heterocycles. The average Bonchev–Trinajstić information content (AvgIpc) is 1.59. The van der Waals surface area contributed by atoms with Gasteiger partial charge in [-0.2, -0.15) is 0 Å². The zero-order valence-corrected chi connectivity index (χ0v) is 77.3. The van der Waals surface area contributed by atoms with Crippen molar-refractivity contribution in [2.75, 3.05) is 59.4 Å². The van der Waals surface area contributed by atoms with Gasteiger partial charge in [-0.3, -0.25) is 0 Å². The maximum atomic E-state index is 6.24. The maximum absolute atomic E-state index is 6.24. The molecule has 634 valence electrons. The second kappa shape index (κ2) is 33.3. The lowest BCUT2D eigenvalue weighted by Crippen LogP contribution is -2.63. The van der Waals surface area contributed by atoms with Crippen LogP contribution in [0.5, 0.6) is 0 Å². The Morgan fingerprint density at radius 2 is 0.696 bits per heavy atom. The van der Waals surface area contributed by atoms with E-state index < -0.39 is 0 Å². The highest BCUT2D eigenvalue weighted by Gasteiger charge is 2.47. The molecule has 10 aromatic heterocycles. The highest BCUT2D eigenvalue weighted by molar-refractivity contribution is 6.83. The standard InChI is InChI=1S/C34H38BN4O.C28H34BN4O.C22H23BN4O.C17H21BN4O/c1-21(2)28-19-26(25-12-10-9-11-13-25)20-29(22(3)4)31(28)39-17-16-37(7)34(39)35-23(5)18-30-32(38(35)8)27-15-14-24(6)36-33(27)40-30;1-17(2)21-10-9-11-22(18(3)4)25(21)33-15-14-31(7)28(33)29-19(5)16-24-26(32(29)8)23-13-12-20(6)30-27(23)34-24;1-15-14-20-21(19-11-10-16(2)24-22(19)28-20)25(4)23(15)27-13-12-26(17(27)3)18-8-6-5-7-9-18;1-11-10-15-16(14-7-6-12(2)19-17(14)23-15)21(5)18(11)22-9-8-20(4)13(22)3/h9-22H,1-8H3;9-18H,1-8H3;5-14,17H,1-4H3;6-10,13H,1-5H3/q2*+1;;/t;;17-;13-/m..00/s1. The monoisotopic (exact) mass is 1660 g/mol. The first kappa shape index (κ1) is 84.4. The molecule has 0 unspecified atom stereocenters. The molecule has 0 saturated carbocycles. The van der Waals surface area contributed by atoms with Crippen molar-refractivity contribution in [2.24, 2.45) is 14.1 Å². The molecule has 6 aliphatic heterocycles. The predicted molar refractivity (Wildman–Crippen MR) is 519 cm³/mol. The smallest absolute Gasteiger partial charge is 0.423 e. The molecule has 6 aliphatic rings. The summed E-state index contributed by atoms with van der Waals surface area (Å²) in [4.78, 5) is 37.0. The molecular formula is C101H116B4N16O4+2. The van der Waals surface area contributed by atoms with E-state index in [4.69, 9.17) is 17.7 Å². The van der Waals surface area contributed by atoms with Crippen molar-refractivity contribution < 1.29 is 26.8 Å². The van der Waals surface area contributed by atoms with Gasteiger partial charge in [0, 0.05) is 82.6 Å². The second-order valence-corrected chi connectivity index (χ2v) is 36.2. The molecule has 0 fully saturated rings. The number of furan rings is 4. The van der Waals surface area contributed by atoms with E-state index in [1.54, 1.807) is 0 Å². The van der Waals surface area contributed by atoms with Gasteiger partial charge in [0.15, 0.2) is 23.0 Å². The number of aromatic nitrogens is 8. The number of benzene rings is 4. The molecule has 0 N–H and O–H groups in total. The Balaban J connectivity index is 0.000000120. The van der Waals surface area contributed by atoms with Crippen molar-refractivity contribution in [1.29, 1.82) is 0 Å². The summed E-state index contributed by atoms with van der Waals surface area (Å²) in [6.45, 7) is 39.9. The van der Waals surface area contributed by atoms with Crippen LogP contribution in [-0.2, 0) is 14.1 Å². The van der Waals surface area contributed by atoms with E-state index in [0.29, 0.717) is 52.7 Å². The van der Waals surface area contributed by atoms with Crippen LogP contribution >= 0.6 is 0 Å². The molecule has 0 amide bonds. The fourth-order valence-corrected chi connectivity index (χ4v) is 19.7. The lowest BCUT2D eigenvalue weighted by atomic mass is 9.51. The summed E-state index contributed by atoms with van der Waals surface area (Å²) >= 11 is 0. The first-order valence-electron chi connectivity index (χ1n) is 44.1. The molecule has 0 saturated heterocycles. The number of pyridine rings is 4. The third kappa shape index (κ3) is 15.0. The fraction of sp³-hybridized carbons (Fsp3) is 0.307. The molecule has 20 rings (SSSR count). The van der Waals surface area contributed by atoms with Crippen LogP contribution in [0.4, 0.5) is 28.4 Å². The summed E-state index contributed by atoms with van der Waals surface area (Å²) in [5, 5.41) is 4.25. The molecule has 0 bridgehead atoms. The van der Waals surface area contributed by atoms with Crippen molar-refractivity contribution in [3.05, 3.63) is 279 Å². The summed E-state index contributed by atoms with van der Waals surface area (Å²) in [5.74, 6) is 5.12. The molecule has 24 heteroatoms. The molecule has 0 radical (unpaired) electrons. The lowest BCUT2D eigenvalue weighted by Gasteiger charge is -2.40. The normalized spacial score (nSPS) is 16.1. The van der Waals surface area contributed by atoms with Crippen molar-refractivity contribution in [3.63, 3.8) is 0 Å². The molecule has 4 aromatic carbocycles. The van der Waals surface area contributed by atoms with Gasteiger partial charge in [-0.15, -0.1) is 0 Å². The summed E-state index contributed by atoms with van der Waals surface area (Å²) in [7, 11) is 15.0. The van der Waals surface area contributed by atoms with Gasteiger partial charge in [0.1, 0.15) is 36.2 Å². The van der Waals surface area contributed by atoms with Gasteiger partial charge >= 0.3 is 27.7 Å². The molecule has 0 aliphatic carbocycles. The third-order valence-electron chi connectivity index (χ3n) is 26.1. The van der Waals surface area contributed by atoms with Crippen LogP contribution in [-0.4, -0.2) is 119 Å². The Hall–Kier alpha value is -12.8. The van der Waals surface area contributed by atoms with E-state index in [1.165, 1.54) is 83.8 Å². The van der Waals surface area contributed by atoms with Gasteiger partial charge in [-0.25, -0.2) is 38.2 Å². The highest BCUT2D eigenvalue weighted by Crippen LogP contribution is 2.46. The molecule has 20 nitrogen and oxygen atoms in total. The minimum atomic E-state index is 0.0310. The molecule has 14 aromatic rings. The first-order chi connectivity index (χ1) is 59.8. The van der Waals surface area contributed by atoms with Crippen molar-refractivity contribution in [1.82, 2.24) is 43.6 Å². The molecular weight excluding hydrogens is 1540 g/mol. The van der Waals surface area contributed by atoms with Gasteiger partial charge in [-0.05, 0) is 229 Å². The lowest BCUT2D eigenvalue weighted by molar-refractivity contribution is -0.653. The maximum Gasteiger partial charge on any atom is 0.423 e. The van der Waals surface area contributed by atoms with Crippen LogP contribution in [0.25, 0.3) is 91.2 Å². The Morgan fingerprint density at radius 3 is 1.06 bits per heavy atom. The molecule has 2 atom stereocenters. The number of allylic oxidation sites excluding steroid dienone is 4. The zero-order valence-electron chi connectivity index (χ0n) is 77.3. The number of para-hydroxylation sites is 2. The SMILES string of the molecule is CC1=Cc2oc3nc(C)ccc3c2N(C)B1N1C=CN(C)[C@@H]1C.CC1=Cc2oc3nc(C)ccc3c2N(C)B1N1C=CN(c2ccccc2)[C@@H]1C.CC1=Cc2oc3nc(C)ccc3c2N(C)B1c1n(-c2c(C(C)C)cc(-c3ccccc3)cc2C(C)C)cc[n+]1C.CC1=Cc2oc3nc(C)ccc3c2N(C)B1c1n(-c2c(C(C)C)cccc2C(C)C)cc[n+]1C. The Labute approximate surface area is 737 Å². The average molecular weight is 1660 g/mol. The van der Waals surface area contributed by atoms with E-state index in [2.05, 4.69) is 424 Å². The number of hydrogen-bond donors (Lipinski definition) is 0. The molecule has 125 heavy (non-hydrogen) atoms. The van der Waals surface area contributed by atoms with Gasteiger partial charge < -0.3 is 56.3 Å².